The monoisotopic (exact) mass is 480 g/mol. The van der Waals surface area contributed by atoms with Crippen LogP contribution in [0, 0.1) is 35.5 Å². The highest BCUT2D eigenvalue weighted by Crippen LogP contribution is 2.56. The highest BCUT2D eigenvalue weighted by Gasteiger charge is 2.52. The van der Waals surface area contributed by atoms with Crippen molar-refractivity contribution in [3.63, 3.8) is 0 Å². The molecule has 2 bridgehead atoms. The summed E-state index contributed by atoms with van der Waals surface area (Å²) in [7, 11) is 1.56. The second kappa shape index (κ2) is 10.3. The molecular formula is C28H36N2O5. The van der Waals surface area contributed by atoms with Gasteiger partial charge in [0.25, 0.3) is 5.91 Å². The van der Waals surface area contributed by atoms with Crippen LogP contribution >= 0.6 is 0 Å². The van der Waals surface area contributed by atoms with Crippen LogP contribution < -0.4 is 5.32 Å². The molecule has 7 nitrogen and oxygen atoms in total. The van der Waals surface area contributed by atoms with E-state index in [4.69, 9.17) is 0 Å². The van der Waals surface area contributed by atoms with Crippen molar-refractivity contribution >= 4 is 23.4 Å². The molecule has 0 spiro atoms. The van der Waals surface area contributed by atoms with Crippen LogP contribution in [0.3, 0.4) is 0 Å². The van der Waals surface area contributed by atoms with Crippen LogP contribution in [0.25, 0.3) is 0 Å². The topological polar surface area (TPSA) is 104 Å². The maximum Gasteiger partial charge on any atom is 0.261 e. The van der Waals surface area contributed by atoms with E-state index in [9.17, 15) is 24.3 Å². The molecule has 0 radical (unpaired) electrons. The molecule has 4 aliphatic rings. The number of rotatable bonds is 1. The van der Waals surface area contributed by atoms with Gasteiger partial charge < -0.3 is 15.3 Å². The number of fused-ring (bicyclic) bond motifs is 5. The first-order valence-corrected chi connectivity index (χ1v) is 12.8. The third kappa shape index (κ3) is 4.78. The van der Waals surface area contributed by atoms with Gasteiger partial charge in [0, 0.05) is 25.6 Å². The second-order valence-electron chi connectivity index (χ2n) is 10.5. The average molecular weight is 481 g/mol. The maximum absolute atomic E-state index is 13.3. The van der Waals surface area contributed by atoms with Gasteiger partial charge >= 0.3 is 0 Å². The number of allylic oxidation sites excluding steroid dienone is 5. The number of nitrogens with one attached hydrogen (secondary N) is 1. The molecule has 0 aromatic heterocycles. The number of ketones is 2. The number of aliphatic hydroxyl groups is 1. The summed E-state index contributed by atoms with van der Waals surface area (Å²) in [4.78, 5) is 52.5. The molecule has 188 valence electrons. The summed E-state index contributed by atoms with van der Waals surface area (Å²) < 4.78 is 0. The molecule has 0 aromatic carbocycles. The summed E-state index contributed by atoms with van der Waals surface area (Å²) in [5.41, 5.74) is -0.192. The van der Waals surface area contributed by atoms with Gasteiger partial charge in [-0.3, -0.25) is 19.2 Å². The van der Waals surface area contributed by atoms with E-state index in [0.29, 0.717) is 37.1 Å². The number of carbonyl (C=O) groups excluding carboxylic acids is 4. The smallest absolute Gasteiger partial charge is 0.261 e. The van der Waals surface area contributed by atoms with E-state index in [0.717, 1.165) is 19.3 Å². The Balaban J connectivity index is 1.69. The minimum atomic E-state index is -0.658. The average Bonchev–Trinajstić information content (AvgIpc) is 3.41. The Morgan fingerprint density at radius 3 is 2.54 bits per heavy atom. The van der Waals surface area contributed by atoms with Crippen molar-refractivity contribution in [3.8, 4) is 0 Å². The SMILES string of the molecule is CCC1CC2C(CC3/C=C/C(O)=C4/C(=O)C(CCCNC(=O)/C=C/C=C/C(=O)C32)N(C)C4=O)C1C. The van der Waals surface area contributed by atoms with E-state index >= 15 is 0 Å². The fourth-order valence-electron chi connectivity index (χ4n) is 6.81. The Kier molecular flexibility index (Phi) is 7.43. The quantitative estimate of drug-likeness (QED) is 0.561. The fraction of sp³-hybridized carbons (Fsp3) is 0.571. The van der Waals surface area contributed by atoms with Gasteiger partial charge in [-0.1, -0.05) is 38.5 Å². The zero-order valence-electron chi connectivity index (χ0n) is 20.8. The number of Topliss-reactive ketones (excluding diaryl/α,β-unsaturated/α-hetero) is 1. The van der Waals surface area contributed by atoms with Crippen LogP contribution in [0.4, 0.5) is 0 Å². The number of hydrogen-bond donors (Lipinski definition) is 2. The molecule has 2 aliphatic carbocycles. The van der Waals surface area contributed by atoms with Gasteiger partial charge in [-0.2, -0.15) is 0 Å². The molecule has 35 heavy (non-hydrogen) atoms. The summed E-state index contributed by atoms with van der Waals surface area (Å²) in [6.45, 7) is 4.83. The summed E-state index contributed by atoms with van der Waals surface area (Å²) in [6.07, 6.45) is 13.3. The van der Waals surface area contributed by atoms with Crippen molar-refractivity contribution in [2.75, 3.05) is 13.6 Å². The van der Waals surface area contributed by atoms with Crippen molar-refractivity contribution in [2.24, 2.45) is 35.5 Å². The lowest BCUT2D eigenvalue weighted by Gasteiger charge is -2.21. The predicted octanol–water partition coefficient (Wildman–Crippen LogP) is 3.29. The van der Waals surface area contributed by atoms with Crippen LogP contribution in [0.5, 0.6) is 0 Å². The molecule has 0 aromatic rings. The number of aliphatic hydroxyl groups excluding tert-OH is 1. The first-order chi connectivity index (χ1) is 16.7. The number of amides is 2. The molecule has 2 heterocycles. The lowest BCUT2D eigenvalue weighted by molar-refractivity contribution is -0.125. The van der Waals surface area contributed by atoms with Crippen LogP contribution in [0.15, 0.2) is 47.8 Å². The van der Waals surface area contributed by atoms with E-state index in [1.165, 1.54) is 17.1 Å². The summed E-state index contributed by atoms with van der Waals surface area (Å²) in [5, 5.41) is 13.5. The number of nitrogens with zero attached hydrogens (tertiary/aromatic N) is 1. The van der Waals surface area contributed by atoms with Crippen LogP contribution in [0.2, 0.25) is 0 Å². The van der Waals surface area contributed by atoms with E-state index in [1.807, 2.05) is 6.08 Å². The summed E-state index contributed by atoms with van der Waals surface area (Å²) in [6, 6.07) is -0.658. The molecule has 2 N–H and O–H groups in total. The minimum Gasteiger partial charge on any atom is -0.507 e. The molecule has 2 saturated carbocycles. The predicted molar refractivity (Wildman–Crippen MR) is 132 cm³/mol. The highest BCUT2D eigenvalue weighted by molar-refractivity contribution is 6.26. The molecular weight excluding hydrogens is 444 g/mol. The zero-order valence-corrected chi connectivity index (χ0v) is 20.8. The Bertz CT molecular complexity index is 1020. The number of carbonyl (C=O) groups is 4. The third-order valence-corrected chi connectivity index (χ3v) is 8.74. The number of likely N-dealkylation sites (tertiary alicyclic amines) is 1. The van der Waals surface area contributed by atoms with Gasteiger partial charge in [0.15, 0.2) is 11.6 Å². The van der Waals surface area contributed by atoms with E-state index in [2.05, 4.69) is 19.2 Å². The second-order valence-corrected chi connectivity index (χ2v) is 10.5. The van der Waals surface area contributed by atoms with Gasteiger partial charge in [-0.05, 0) is 67.4 Å². The standard InChI is InChI=1S/C28H36N2O5/c1-4-17-14-20-19(16(17)2)15-18-11-12-23(32)26-27(34)21(30(3)28(26)35)8-7-13-29-24(33)10-6-5-9-22(31)25(18)20/h5-6,9-12,16-21,25,32H,4,7-8,13-15H2,1-3H3,(H,29,33)/b9-5+,10-6+,12-11+,26-23+. The largest absolute Gasteiger partial charge is 0.507 e. The van der Waals surface area contributed by atoms with E-state index < -0.39 is 17.7 Å². The lowest BCUT2D eigenvalue weighted by atomic mass is 9.82. The van der Waals surface area contributed by atoms with Crippen molar-refractivity contribution in [1.29, 1.82) is 0 Å². The van der Waals surface area contributed by atoms with E-state index in [1.54, 1.807) is 25.3 Å². The molecule has 7 heteroatoms. The molecule has 7 unspecified atom stereocenters. The summed E-state index contributed by atoms with van der Waals surface area (Å²) >= 11 is 0. The Morgan fingerprint density at radius 2 is 1.80 bits per heavy atom. The first-order valence-electron chi connectivity index (χ1n) is 12.8. The Hall–Kier alpha value is -2.96. The number of hydrogen-bond acceptors (Lipinski definition) is 5. The molecule has 1 saturated heterocycles. The molecule has 7 atom stereocenters. The van der Waals surface area contributed by atoms with Crippen LogP contribution in [-0.4, -0.2) is 53.0 Å². The van der Waals surface area contributed by atoms with Gasteiger partial charge in [-0.15, -0.1) is 0 Å². The highest BCUT2D eigenvalue weighted by atomic mass is 16.3. The Morgan fingerprint density at radius 1 is 1.06 bits per heavy atom. The van der Waals surface area contributed by atoms with Crippen LogP contribution in [0.1, 0.15) is 46.0 Å². The Labute approximate surface area is 207 Å². The van der Waals surface area contributed by atoms with Crippen molar-refractivity contribution in [1.82, 2.24) is 10.2 Å². The van der Waals surface area contributed by atoms with Gasteiger partial charge in [0.2, 0.25) is 5.91 Å². The van der Waals surface area contributed by atoms with Gasteiger partial charge in [0.1, 0.15) is 11.3 Å². The zero-order chi connectivity index (χ0) is 25.3. The third-order valence-electron chi connectivity index (χ3n) is 8.74. The molecule has 2 amide bonds. The minimum absolute atomic E-state index is 0.0160. The molecule has 3 fully saturated rings. The van der Waals surface area contributed by atoms with Crippen LogP contribution in [-0.2, 0) is 19.2 Å². The summed E-state index contributed by atoms with van der Waals surface area (Å²) in [5.74, 6) is 0.00945. The first kappa shape index (κ1) is 25.1. The van der Waals surface area contributed by atoms with Gasteiger partial charge in [0.05, 0.1) is 6.04 Å². The van der Waals surface area contributed by atoms with Crippen molar-refractivity contribution in [3.05, 3.63) is 47.8 Å². The number of likely N-dealkylation sites (N-methyl/N-ethyl adjacent to an activating group) is 1. The lowest BCUT2D eigenvalue weighted by Crippen LogP contribution is -2.33. The van der Waals surface area contributed by atoms with E-state index in [-0.39, 0.29) is 40.8 Å². The van der Waals surface area contributed by atoms with Crippen molar-refractivity contribution < 1.29 is 24.3 Å². The van der Waals surface area contributed by atoms with Gasteiger partial charge in [-0.25, -0.2) is 0 Å². The maximum atomic E-state index is 13.3. The fourth-order valence-corrected chi connectivity index (χ4v) is 6.81. The molecule has 2 aliphatic heterocycles. The normalized spacial score (nSPS) is 41.1. The van der Waals surface area contributed by atoms with Crippen molar-refractivity contribution in [2.45, 2.75) is 52.0 Å². The molecule has 4 rings (SSSR count).